The van der Waals surface area contributed by atoms with Gasteiger partial charge in [0.05, 0.1) is 0 Å². The van der Waals surface area contributed by atoms with E-state index in [0.29, 0.717) is 0 Å². The second-order valence-corrected chi connectivity index (χ2v) is 4.92. The first-order valence-corrected chi connectivity index (χ1v) is 7.21. The first kappa shape index (κ1) is 12.4. The van der Waals surface area contributed by atoms with Gasteiger partial charge in [0.2, 0.25) is 0 Å². The molecule has 0 aliphatic rings. The number of halogens is 1. The maximum atomic E-state index is 3.43. The highest BCUT2D eigenvalue weighted by atomic mass is 79.9. The van der Waals surface area contributed by atoms with Crippen molar-refractivity contribution in [2.75, 3.05) is 5.33 Å². The number of fused-ring (bicyclic) bond motifs is 1. The lowest BCUT2D eigenvalue weighted by Crippen LogP contribution is -1.85. The van der Waals surface area contributed by atoms with Crippen LogP contribution in [0.2, 0.25) is 0 Å². The first-order chi connectivity index (χ1) is 8.42. The van der Waals surface area contributed by atoms with E-state index in [1.165, 1.54) is 16.3 Å². The van der Waals surface area contributed by atoms with Gasteiger partial charge in [-0.05, 0) is 35.6 Å². The van der Waals surface area contributed by atoms with E-state index in [0.717, 1.165) is 24.6 Å². The van der Waals surface area contributed by atoms with E-state index in [9.17, 15) is 0 Å². The fourth-order valence-electron chi connectivity index (χ4n) is 2.05. The zero-order valence-electron chi connectivity index (χ0n) is 9.90. The van der Waals surface area contributed by atoms with Crippen molar-refractivity contribution in [3.8, 4) is 0 Å². The van der Waals surface area contributed by atoms with Gasteiger partial charge in [-0.1, -0.05) is 70.5 Å². The third kappa shape index (κ3) is 3.44. The lowest BCUT2D eigenvalue weighted by atomic mass is 10.0. The van der Waals surface area contributed by atoms with Crippen LogP contribution < -0.4 is 0 Å². The van der Waals surface area contributed by atoms with Crippen LogP contribution in [-0.4, -0.2) is 5.33 Å². The van der Waals surface area contributed by atoms with Gasteiger partial charge in [0.15, 0.2) is 0 Å². The Hall–Kier alpha value is -1.08. The van der Waals surface area contributed by atoms with Gasteiger partial charge >= 0.3 is 0 Å². The molecule has 0 nitrogen and oxygen atoms in total. The van der Waals surface area contributed by atoms with Gasteiger partial charge in [-0.15, -0.1) is 0 Å². The summed E-state index contributed by atoms with van der Waals surface area (Å²) in [4.78, 5) is 0. The Morgan fingerprint density at radius 2 is 1.65 bits per heavy atom. The van der Waals surface area contributed by atoms with E-state index in [2.05, 4.69) is 70.5 Å². The van der Waals surface area contributed by atoms with Crippen LogP contribution in [0, 0.1) is 0 Å². The molecule has 2 rings (SSSR count). The summed E-state index contributed by atoms with van der Waals surface area (Å²) in [5, 5.41) is 3.79. The lowest BCUT2D eigenvalue weighted by molar-refractivity contribution is 1.00. The number of aryl methyl sites for hydroxylation is 1. The minimum Gasteiger partial charge on any atom is -0.0925 e. The van der Waals surface area contributed by atoms with E-state index in [1.807, 2.05) is 0 Å². The Morgan fingerprint density at radius 1 is 0.882 bits per heavy atom. The normalized spacial score (nSPS) is 11.4. The number of rotatable bonds is 5. The third-order valence-corrected chi connectivity index (χ3v) is 3.36. The minimum absolute atomic E-state index is 1.05. The lowest BCUT2D eigenvalue weighted by Gasteiger charge is -2.04. The maximum Gasteiger partial charge on any atom is 0.00659 e. The monoisotopic (exact) mass is 288 g/mol. The Labute approximate surface area is 111 Å². The maximum absolute atomic E-state index is 3.43. The molecule has 0 bridgehead atoms. The van der Waals surface area contributed by atoms with Crippen LogP contribution in [-0.2, 0) is 6.42 Å². The molecule has 0 heterocycles. The smallest absolute Gasteiger partial charge is 0.00659 e. The molecule has 0 aliphatic heterocycles. The van der Waals surface area contributed by atoms with E-state index < -0.39 is 0 Å². The molecular weight excluding hydrogens is 272 g/mol. The molecule has 0 saturated carbocycles. The molecule has 0 aromatic heterocycles. The van der Waals surface area contributed by atoms with Crippen molar-refractivity contribution in [3.63, 3.8) is 0 Å². The van der Waals surface area contributed by atoms with Gasteiger partial charge in [-0.25, -0.2) is 0 Å². The third-order valence-electron chi connectivity index (χ3n) is 2.90. The highest BCUT2D eigenvalue weighted by molar-refractivity contribution is 9.09. The fourth-order valence-corrected chi connectivity index (χ4v) is 2.31. The van der Waals surface area contributed by atoms with Crippen LogP contribution in [0.1, 0.15) is 18.4 Å². The quantitative estimate of drug-likeness (QED) is 0.530. The van der Waals surface area contributed by atoms with Gasteiger partial charge in [0.1, 0.15) is 0 Å². The van der Waals surface area contributed by atoms with Crippen molar-refractivity contribution in [3.05, 3.63) is 60.2 Å². The van der Waals surface area contributed by atoms with Gasteiger partial charge in [-0.3, -0.25) is 0 Å². The minimum atomic E-state index is 1.05. The summed E-state index contributed by atoms with van der Waals surface area (Å²) in [5.74, 6) is 0. The first-order valence-electron chi connectivity index (χ1n) is 6.09. The predicted molar refractivity (Wildman–Crippen MR) is 79.8 cm³/mol. The van der Waals surface area contributed by atoms with Crippen molar-refractivity contribution in [2.24, 2.45) is 0 Å². The number of hydrogen-bond donors (Lipinski definition) is 0. The van der Waals surface area contributed by atoms with Crippen LogP contribution in [0.25, 0.3) is 10.8 Å². The van der Waals surface area contributed by atoms with Gasteiger partial charge in [-0.2, -0.15) is 0 Å². The Balaban J connectivity index is 2.08. The number of benzene rings is 2. The second-order valence-electron chi connectivity index (χ2n) is 4.13. The molecule has 0 saturated heterocycles. The number of alkyl halides is 1. The Morgan fingerprint density at radius 3 is 2.53 bits per heavy atom. The summed E-state index contributed by atoms with van der Waals surface area (Å²) in [6.45, 7) is 0. The zero-order chi connectivity index (χ0) is 11.9. The Bertz CT molecular complexity index is 494. The topological polar surface area (TPSA) is 0 Å². The van der Waals surface area contributed by atoms with Crippen molar-refractivity contribution < 1.29 is 0 Å². The summed E-state index contributed by atoms with van der Waals surface area (Å²) in [6.07, 6.45) is 7.90. The Kier molecular flexibility index (Phi) is 4.81. The predicted octanol–water partition coefficient (Wildman–Crippen LogP) is 5.11. The van der Waals surface area contributed by atoms with Crippen LogP contribution >= 0.6 is 15.9 Å². The average Bonchev–Trinajstić information content (AvgIpc) is 2.39. The van der Waals surface area contributed by atoms with Crippen molar-refractivity contribution >= 4 is 26.7 Å². The summed E-state index contributed by atoms with van der Waals surface area (Å²) in [5.41, 5.74) is 1.45. The molecule has 1 heteroatoms. The molecule has 0 N–H and O–H groups in total. The average molecular weight is 289 g/mol. The standard InChI is InChI=1S/C16H17Br/c17-13-6-2-1-3-8-14-10-7-11-15-9-4-5-12-16(14)15/h1-2,4-5,7,9-12H,3,6,8,13H2/b2-1+. The summed E-state index contributed by atoms with van der Waals surface area (Å²) < 4.78 is 0. The molecule has 88 valence electrons. The summed E-state index contributed by atoms with van der Waals surface area (Å²) in [7, 11) is 0. The SMILES string of the molecule is BrCC/C=C/CCc1cccc2ccccc12. The van der Waals surface area contributed by atoms with Crippen LogP contribution in [0.15, 0.2) is 54.6 Å². The van der Waals surface area contributed by atoms with E-state index in [-0.39, 0.29) is 0 Å². The van der Waals surface area contributed by atoms with Crippen molar-refractivity contribution in [2.45, 2.75) is 19.3 Å². The van der Waals surface area contributed by atoms with E-state index >= 15 is 0 Å². The highest BCUT2D eigenvalue weighted by Gasteiger charge is 1.98. The molecule has 0 aliphatic carbocycles. The van der Waals surface area contributed by atoms with E-state index in [1.54, 1.807) is 0 Å². The largest absolute Gasteiger partial charge is 0.0925 e. The van der Waals surface area contributed by atoms with Crippen LogP contribution in [0.4, 0.5) is 0 Å². The fraction of sp³-hybridized carbons (Fsp3) is 0.250. The molecule has 0 radical (unpaired) electrons. The summed E-state index contributed by atoms with van der Waals surface area (Å²) >= 11 is 3.43. The summed E-state index contributed by atoms with van der Waals surface area (Å²) in [6, 6.07) is 15.2. The number of hydrogen-bond acceptors (Lipinski definition) is 0. The second kappa shape index (κ2) is 6.61. The van der Waals surface area contributed by atoms with E-state index in [4.69, 9.17) is 0 Å². The van der Waals surface area contributed by atoms with Crippen molar-refractivity contribution in [1.29, 1.82) is 0 Å². The molecule has 2 aromatic rings. The zero-order valence-corrected chi connectivity index (χ0v) is 11.5. The molecule has 0 fully saturated rings. The van der Waals surface area contributed by atoms with Crippen molar-refractivity contribution in [1.82, 2.24) is 0 Å². The molecule has 0 atom stereocenters. The highest BCUT2D eigenvalue weighted by Crippen LogP contribution is 2.19. The molecule has 17 heavy (non-hydrogen) atoms. The molecule has 0 unspecified atom stereocenters. The molecular formula is C16H17Br. The molecule has 0 spiro atoms. The van der Waals surface area contributed by atoms with Gasteiger partial charge < -0.3 is 0 Å². The number of allylic oxidation sites excluding steroid dienone is 2. The van der Waals surface area contributed by atoms with Crippen LogP contribution in [0.3, 0.4) is 0 Å². The molecule has 0 amide bonds. The van der Waals surface area contributed by atoms with Gasteiger partial charge in [0, 0.05) is 5.33 Å². The molecule has 2 aromatic carbocycles. The van der Waals surface area contributed by atoms with Gasteiger partial charge in [0.25, 0.3) is 0 Å². The van der Waals surface area contributed by atoms with Crippen LogP contribution in [0.5, 0.6) is 0 Å².